The van der Waals surface area contributed by atoms with Crippen LogP contribution < -0.4 is 0 Å². The number of amides is 1. The van der Waals surface area contributed by atoms with Gasteiger partial charge >= 0.3 is 0 Å². The van der Waals surface area contributed by atoms with Crippen LogP contribution in [0.15, 0.2) is 12.4 Å². The van der Waals surface area contributed by atoms with Crippen molar-refractivity contribution < 1.29 is 9.90 Å². The van der Waals surface area contributed by atoms with Crippen LogP contribution in [0.2, 0.25) is 0 Å². The molecule has 0 bridgehead atoms. The second-order valence-corrected chi connectivity index (χ2v) is 6.46. The molecule has 2 fully saturated rings. The Morgan fingerprint density at radius 3 is 2.82 bits per heavy atom. The number of carbonyl (C=O) groups excluding carboxylic acids is 1. The van der Waals surface area contributed by atoms with Crippen LogP contribution in [0.1, 0.15) is 50.9 Å². The maximum Gasteiger partial charge on any atom is 0.254 e. The van der Waals surface area contributed by atoms with Gasteiger partial charge < -0.3 is 15.0 Å². The van der Waals surface area contributed by atoms with Crippen LogP contribution in [0.5, 0.6) is 0 Å². The summed E-state index contributed by atoms with van der Waals surface area (Å²) in [7, 11) is 0. The molecule has 22 heavy (non-hydrogen) atoms. The molecule has 6 nitrogen and oxygen atoms in total. The fourth-order valence-electron chi connectivity index (χ4n) is 3.75. The zero-order valence-corrected chi connectivity index (χ0v) is 13.3. The molecule has 1 unspecified atom stereocenters. The molecule has 1 aromatic heterocycles. The molecule has 1 aliphatic heterocycles. The van der Waals surface area contributed by atoms with Gasteiger partial charge in [-0.15, -0.1) is 0 Å². The van der Waals surface area contributed by atoms with E-state index in [4.69, 9.17) is 0 Å². The van der Waals surface area contributed by atoms with Gasteiger partial charge in [0.05, 0.1) is 6.04 Å². The summed E-state index contributed by atoms with van der Waals surface area (Å²) in [6.07, 6.45) is 7.78. The van der Waals surface area contributed by atoms with Crippen LogP contribution in [0.25, 0.3) is 0 Å². The Morgan fingerprint density at radius 1 is 1.41 bits per heavy atom. The second kappa shape index (κ2) is 6.38. The van der Waals surface area contributed by atoms with Crippen LogP contribution >= 0.6 is 0 Å². The zero-order valence-electron chi connectivity index (χ0n) is 13.3. The van der Waals surface area contributed by atoms with E-state index in [1.165, 1.54) is 0 Å². The van der Waals surface area contributed by atoms with Crippen molar-refractivity contribution in [1.29, 1.82) is 0 Å². The number of nitrogens with zero attached hydrogens (tertiary/aromatic N) is 3. The van der Waals surface area contributed by atoms with E-state index in [-0.39, 0.29) is 11.9 Å². The lowest BCUT2D eigenvalue weighted by molar-refractivity contribution is -0.157. The van der Waals surface area contributed by atoms with E-state index in [0.717, 1.165) is 38.2 Å². The average molecular weight is 306 g/mol. The third kappa shape index (κ3) is 2.90. The van der Waals surface area contributed by atoms with Gasteiger partial charge in [-0.2, -0.15) is 0 Å². The predicted molar refractivity (Wildman–Crippen MR) is 83.2 cm³/mol. The van der Waals surface area contributed by atoms with Gasteiger partial charge in [-0.25, -0.2) is 4.98 Å². The number of hydrogen-bond acceptors (Lipinski definition) is 4. The Balaban J connectivity index is 1.74. The first-order chi connectivity index (χ1) is 10.6. The van der Waals surface area contributed by atoms with Crippen LogP contribution in [0.4, 0.5) is 0 Å². The molecule has 2 aliphatic rings. The van der Waals surface area contributed by atoms with Crippen molar-refractivity contribution in [1.82, 2.24) is 19.8 Å². The summed E-state index contributed by atoms with van der Waals surface area (Å²) in [4.78, 5) is 24.5. The molecule has 0 radical (unpaired) electrons. The first-order valence-corrected chi connectivity index (χ1v) is 8.39. The molecular formula is C16H26N4O2. The topological polar surface area (TPSA) is 72.5 Å². The number of aliphatic hydroxyl groups is 1. The molecule has 3 rings (SSSR count). The van der Waals surface area contributed by atoms with E-state index in [2.05, 4.69) is 21.8 Å². The lowest BCUT2D eigenvalue weighted by Crippen LogP contribution is -2.57. The number of H-pyrrole nitrogens is 1. The van der Waals surface area contributed by atoms with Crippen molar-refractivity contribution in [3.63, 3.8) is 0 Å². The van der Waals surface area contributed by atoms with Gasteiger partial charge in [0.2, 0.25) is 0 Å². The standard InChI is InChI=1S/C16H26N4O2/c1-2-19-10-11-20(12-13(19)14-17-8-9-18-14)15(21)16(22)6-4-3-5-7-16/h8-9,13,22H,2-7,10-12H2,1H3,(H,17,18). The highest BCUT2D eigenvalue weighted by molar-refractivity contribution is 5.85. The molecule has 0 aromatic carbocycles. The van der Waals surface area contributed by atoms with Gasteiger partial charge in [0.25, 0.3) is 5.91 Å². The van der Waals surface area contributed by atoms with E-state index < -0.39 is 5.60 Å². The van der Waals surface area contributed by atoms with Crippen molar-refractivity contribution in [3.05, 3.63) is 18.2 Å². The first kappa shape index (κ1) is 15.5. The van der Waals surface area contributed by atoms with Crippen molar-refractivity contribution in [2.45, 2.75) is 50.7 Å². The summed E-state index contributed by atoms with van der Waals surface area (Å²) in [5.41, 5.74) is -1.14. The van der Waals surface area contributed by atoms with Crippen LogP contribution in [-0.2, 0) is 4.79 Å². The first-order valence-electron chi connectivity index (χ1n) is 8.39. The number of carbonyl (C=O) groups is 1. The number of hydrogen-bond donors (Lipinski definition) is 2. The number of nitrogens with one attached hydrogen (secondary N) is 1. The van der Waals surface area contributed by atoms with E-state index in [9.17, 15) is 9.90 Å². The number of rotatable bonds is 3. The number of imidazole rings is 1. The van der Waals surface area contributed by atoms with Crippen molar-refractivity contribution in [2.24, 2.45) is 0 Å². The molecule has 6 heteroatoms. The molecule has 1 saturated carbocycles. The van der Waals surface area contributed by atoms with Gasteiger partial charge in [-0.3, -0.25) is 9.69 Å². The zero-order chi connectivity index (χ0) is 15.6. The minimum absolute atomic E-state index is 0.0838. The van der Waals surface area contributed by atoms with Crippen molar-refractivity contribution in [3.8, 4) is 0 Å². The molecular weight excluding hydrogens is 280 g/mol. The molecule has 1 saturated heterocycles. The lowest BCUT2D eigenvalue weighted by atomic mass is 9.83. The Labute approximate surface area is 131 Å². The Kier molecular flexibility index (Phi) is 4.49. The molecule has 1 atom stereocenters. The monoisotopic (exact) mass is 306 g/mol. The molecule has 1 aromatic rings. The highest BCUT2D eigenvalue weighted by Gasteiger charge is 2.42. The largest absolute Gasteiger partial charge is 0.380 e. The van der Waals surface area contributed by atoms with Gasteiger partial charge in [-0.1, -0.05) is 26.2 Å². The quantitative estimate of drug-likeness (QED) is 0.883. The lowest BCUT2D eigenvalue weighted by Gasteiger charge is -2.43. The minimum atomic E-state index is -1.14. The van der Waals surface area contributed by atoms with Crippen molar-refractivity contribution >= 4 is 5.91 Å². The molecule has 1 amide bonds. The van der Waals surface area contributed by atoms with Gasteiger partial charge in [0.1, 0.15) is 11.4 Å². The number of piperazine rings is 1. The van der Waals surface area contributed by atoms with Gasteiger partial charge in [-0.05, 0) is 19.4 Å². The number of aromatic nitrogens is 2. The molecule has 1 aliphatic carbocycles. The van der Waals surface area contributed by atoms with E-state index in [1.807, 2.05) is 11.1 Å². The smallest absolute Gasteiger partial charge is 0.254 e. The summed E-state index contributed by atoms with van der Waals surface area (Å²) in [5.74, 6) is 0.814. The maximum absolute atomic E-state index is 12.8. The molecule has 122 valence electrons. The van der Waals surface area contributed by atoms with Crippen LogP contribution in [0.3, 0.4) is 0 Å². The number of likely N-dealkylation sites (N-methyl/N-ethyl adjacent to an activating group) is 1. The summed E-state index contributed by atoms with van der Waals surface area (Å²) in [6.45, 7) is 5.16. The Morgan fingerprint density at radius 2 is 2.18 bits per heavy atom. The van der Waals surface area contributed by atoms with Crippen molar-refractivity contribution in [2.75, 3.05) is 26.2 Å². The Bertz CT molecular complexity index is 496. The highest BCUT2D eigenvalue weighted by atomic mass is 16.3. The summed E-state index contributed by atoms with van der Waals surface area (Å²) in [5, 5.41) is 10.7. The Hall–Kier alpha value is -1.40. The summed E-state index contributed by atoms with van der Waals surface area (Å²) < 4.78 is 0. The summed E-state index contributed by atoms with van der Waals surface area (Å²) >= 11 is 0. The third-order valence-electron chi connectivity index (χ3n) is 5.10. The van der Waals surface area contributed by atoms with E-state index >= 15 is 0 Å². The number of aromatic amines is 1. The molecule has 2 N–H and O–H groups in total. The molecule has 2 heterocycles. The highest BCUT2D eigenvalue weighted by Crippen LogP contribution is 2.32. The third-order valence-corrected chi connectivity index (χ3v) is 5.10. The summed E-state index contributed by atoms with van der Waals surface area (Å²) in [6, 6.07) is 0.0879. The van der Waals surface area contributed by atoms with E-state index in [1.54, 1.807) is 6.20 Å². The molecule has 0 spiro atoms. The fourth-order valence-corrected chi connectivity index (χ4v) is 3.75. The van der Waals surface area contributed by atoms with Gasteiger partial charge in [0, 0.05) is 32.0 Å². The maximum atomic E-state index is 12.8. The SMILES string of the molecule is CCN1CCN(C(=O)C2(O)CCCCC2)CC1c1ncc[nH]1. The average Bonchev–Trinajstić information content (AvgIpc) is 3.08. The normalized spacial score (nSPS) is 26.1. The fraction of sp³-hybridized carbons (Fsp3) is 0.750. The minimum Gasteiger partial charge on any atom is -0.380 e. The second-order valence-electron chi connectivity index (χ2n) is 6.46. The van der Waals surface area contributed by atoms with Crippen LogP contribution in [0, 0.1) is 0 Å². The van der Waals surface area contributed by atoms with Crippen LogP contribution in [-0.4, -0.2) is 62.6 Å². The van der Waals surface area contributed by atoms with E-state index in [0.29, 0.717) is 25.9 Å². The predicted octanol–water partition coefficient (Wildman–Crippen LogP) is 1.31. The van der Waals surface area contributed by atoms with Gasteiger partial charge in [0.15, 0.2) is 0 Å².